The van der Waals surface area contributed by atoms with E-state index in [4.69, 9.17) is 0 Å². The van der Waals surface area contributed by atoms with Crippen molar-refractivity contribution in [3.05, 3.63) is 46.5 Å². The van der Waals surface area contributed by atoms with Gasteiger partial charge >= 0.3 is 0 Å². The molecule has 1 heterocycles. The molecule has 0 unspecified atom stereocenters. The Balaban J connectivity index is 1.78. The van der Waals surface area contributed by atoms with Crippen molar-refractivity contribution < 1.29 is 30.0 Å². The van der Waals surface area contributed by atoms with E-state index in [0.29, 0.717) is 24.0 Å². The van der Waals surface area contributed by atoms with Crippen LogP contribution < -0.4 is 0 Å². The largest absolute Gasteiger partial charge is 0.508 e. The molecule has 1 aromatic rings. The smallest absolute Gasteiger partial charge is 0.233 e. The van der Waals surface area contributed by atoms with E-state index >= 15 is 0 Å². The molecule has 1 aliphatic carbocycles. The molecule has 3 rings (SSSR count). The lowest BCUT2D eigenvalue weighted by Crippen LogP contribution is -2.39. The second kappa shape index (κ2) is 9.12. The van der Waals surface area contributed by atoms with Crippen molar-refractivity contribution in [2.45, 2.75) is 32.3 Å². The van der Waals surface area contributed by atoms with Crippen LogP contribution in [0.2, 0.25) is 0 Å². The minimum Gasteiger partial charge on any atom is -0.508 e. The molecule has 0 saturated carbocycles. The Morgan fingerprint density at radius 2 is 1.87 bits per heavy atom. The van der Waals surface area contributed by atoms with E-state index in [0.717, 1.165) is 16.0 Å². The van der Waals surface area contributed by atoms with E-state index < -0.39 is 23.9 Å². The number of nitrogens with zero attached hydrogens (tertiary/aromatic N) is 1. The summed E-state index contributed by atoms with van der Waals surface area (Å²) >= 11 is 0. The number of aliphatic hydroxyl groups is 3. The van der Waals surface area contributed by atoms with Gasteiger partial charge in [-0.15, -0.1) is 0 Å². The van der Waals surface area contributed by atoms with Crippen molar-refractivity contribution in [2.24, 2.45) is 17.8 Å². The Morgan fingerprint density at radius 3 is 2.47 bits per heavy atom. The molecule has 4 N–H and O–H groups in total. The van der Waals surface area contributed by atoms with Crippen LogP contribution in [-0.4, -0.2) is 63.5 Å². The number of aliphatic hydroxyl groups excluding tert-OH is 3. The predicted octanol–water partition coefficient (Wildman–Crippen LogP) is 1.47. The third-order valence-electron chi connectivity index (χ3n) is 6.27. The number of carbonyl (C=O) groups is 2. The average molecular weight is 415 g/mol. The van der Waals surface area contributed by atoms with Crippen molar-refractivity contribution in [1.29, 1.82) is 0 Å². The average Bonchev–Trinajstić information content (AvgIpc) is 2.96. The quantitative estimate of drug-likeness (QED) is 0.396. The van der Waals surface area contributed by atoms with Crippen molar-refractivity contribution in [3.63, 3.8) is 0 Å². The molecule has 2 aliphatic rings. The van der Waals surface area contributed by atoms with E-state index in [-0.39, 0.29) is 37.2 Å². The second-order valence-electron chi connectivity index (χ2n) is 8.21. The van der Waals surface area contributed by atoms with Gasteiger partial charge in [0.25, 0.3) is 0 Å². The van der Waals surface area contributed by atoms with Crippen LogP contribution in [-0.2, 0) is 9.59 Å². The maximum absolute atomic E-state index is 12.6. The number of fused-ring (bicyclic) bond motifs is 1. The van der Waals surface area contributed by atoms with Crippen molar-refractivity contribution >= 4 is 17.9 Å². The Hall–Kier alpha value is -2.48. The van der Waals surface area contributed by atoms with Gasteiger partial charge in [0.2, 0.25) is 11.8 Å². The number of benzene rings is 1. The number of aromatic hydroxyl groups is 1. The lowest BCUT2D eigenvalue weighted by Gasteiger charge is -2.36. The van der Waals surface area contributed by atoms with Gasteiger partial charge in [0.05, 0.1) is 31.2 Å². The van der Waals surface area contributed by atoms with Gasteiger partial charge in [0.15, 0.2) is 0 Å². The van der Waals surface area contributed by atoms with Crippen molar-refractivity contribution in [1.82, 2.24) is 4.90 Å². The number of carbonyl (C=O) groups excluding carboxylic acids is 2. The molecule has 7 heteroatoms. The van der Waals surface area contributed by atoms with Gasteiger partial charge in [-0.05, 0) is 55.0 Å². The number of phenolic OH excluding ortho intramolecular Hbond substituents is 1. The van der Waals surface area contributed by atoms with Crippen molar-refractivity contribution in [2.75, 3.05) is 20.3 Å². The Labute approximate surface area is 176 Å². The molecule has 1 fully saturated rings. The normalized spacial score (nSPS) is 25.7. The Kier molecular flexibility index (Phi) is 6.75. The molecule has 1 aromatic carbocycles. The van der Waals surface area contributed by atoms with Crippen LogP contribution in [0, 0.1) is 17.8 Å². The predicted molar refractivity (Wildman–Crippen MR) is 111 cm³/mol. The van der Waals surface area contributed by atoms with Gasteiger partial charge in [-0.1, -0.05) is 23.8 Å². The highest BCUT2D eigenvalue weighted by atomic mass is 16.3. The standard InChI is InChI=1S/C23H29NO6/c1-13(9-14-4-6-16(27)7-5-14)3-8-19(28)20-15(11-25)10-17-21(18(20)12-26)23(30)24(2)22(17)29/h4-7,9,17-19,21,25-28H,3,8,10-12H2,1-2H3/b13-9+/t17-,18+,19-,21-/m1/s1. The SMILES string of the molecule is C/C(=C\c1ccc(O)cc1)CC[C@@H](O)C1=C(CO)C[C@H]2C(=O)N(C)C(=O)[C@H]2[C@H]1CO. The summed E-state index contributed by atoms with van der Waals surface area (Å²) in [6.45, 7) is 1.25. The molecule has 1 saturated heterocycles. The fourth-order valence-electron chi connectivity index (χ4n) is 4.71. The highest BCUT2D eigenvalue weighted by molar-refractivity contribution is 6.05. The number of allylic oxidation sites excluding steroid dienone is 1. The lowest BCUT2D eigenvalue weighted by molar-refractivity contribution is -0.138. The summed E-state index contributed by atoms with van der Waals surface area (Å²) in [6.07, 6.45) is 2.19. The minimum absolute atomic E-state index is 0.194. The first-order valence-electron chi connectivity index (χ1n) is 10.2. The molecule has 0 radical (unpaired) electrons. The summed E-state index contributed by atoms with van der Waals surface area (Å²) in [6, 6.07) is 6.80. The van der Waals surface area contributed by atoms with Crippen LogP contribution in [0.15, 0.2) is 41.0 Å². The van der Waals surface area contributed by atoms with Crippen molar-refractivity contribution in [3.8, 4) is 5.75 Å². The Morgan fingerprint density at radius 1 is 1.20 bits per heavy atom. The number of rotatable bonds is 7. The number of phenols is 1. The molecule has 30 heavy (non-hydrogen) atoms. The van der Waals surface area contributed by atoms with Gasteiger partial charge in [-0.25, -0.2) is 0 Å². The lowest BCUT2D eigenvalue weighted by atomic mass is 9.68. The molecule has 0 bridgehead atoms. The third-order valence-corrected chi connectivity index (χ3v) is 6.27. The topological polar surface area (TPSA) is 118 Å². The maximum Gasteiger partial charge on any atom is 0.233 e. The zero-order chi connectivity index (χ0) is 22.0. The summed E-state index contributed by atoms with van der Waals surface area (Å²) in [5, 5.41) is 40.2. The first-order chi connectivity index (χ1) is 14.3. The molecule has 162 valence electrons. The zero-order valence-corrected chi connectivity index (χ0v) is 17.3. The van der Waals surface area contributed by atoms with Gasteiger partial charge in [0, 0.05) is 13.0 Å². The third kappa shape index (κ3) is 4.19. The molecule has 0 spiro atoms. The van der Waals surface area contributed by atoms with Crippen LogP contribution in [0.1, 0.15) is 31.7 Å². The summed E-state index contributed by atoms with van der Waals surface area (Å²) in [4.78, 5) is 26.1. The summed E-state index contributed by atoms with van der Waals surface area (Å²) in [5.41, 5.74) is 2.99. The Bertz CT molecular complexity index is 872. The minimum atomic E-state index is -0.928. The van der Waals surface area contributed by atoms with E-state index in [2.05, 4.69) is 0 Å². The molecular weight excluding hydrogens is 386 g/mol. The number of hydrogen-bond acceptors (Lipinski definition) is 6. The number of amides is 2. The molecule has 1 aliphatic heterocycles. The molecular formula is C23H29NO6. The van der Waals surface area contributed by atoms with Gasteiger partial charge in [0.1, 0.15) is 5.75 Å². The number of likely N-dealkylation sites (tertiary alicyclic amines) is 1. The fourth-order valence-corrected chi connectivity index (χ4v) is 4.71. The van der Waals surface area contributed by atoms with Crippen LogP contribution in [0.5, 0.6) is 5.75 Å². The van der Waals surface area contributed by atoms with E-state index in [1.165, 1.54) is 7.05 Å². The molecule has 7 nitrogen and oxygen atoms in total. The fraction of sp³-hybridized carbons (Fsp3) is 0.478. The summed E-state index contributed by atoms with van der Waals surface area (Å²) < 4.78 is 0. The van der Waals surface area contributed by atoms with Crippen LogP contribution in [0.4, 0.5) is 0 Å². The number of hydrogen-bond donors (Lipinski definition) is 4. The maximum atomic E-state index is 12.6. The van der Waals surface area contributed by atoms with Gasteiger partial charge in [-0.3, -0.25) is 14.5 Å². The highest BCUT2D eigenvalue weighted by Crippen LogP contribution is 2.45. The first kappa shape index (κ1) is 22.2. The number of imide groups is 1. The molecule has 4 atom stereocenters. The zero-order valence-electron chi connectivity index (χ0n) is 17.3. The van der Waals surface area contributed by atoms with Gasteiger partial charge < -0.3 is 20.4 Å². The summed E-state index contributed by atoms with van der Waals surface area (Å²) in [7, 11) is 1.43. The van der Waals surface area contributed by atoms with Crippen LogP contribution in [0.25, 0.3) is 6.08 Å². The van der Waals surface area contributed by atoms with E-state index in [9.17, 15) is 30.0 Å². The van der Waals surface area contributed by atoms with Crippen LogP contribution in [0.3, 0.4) is 0 Å². The monoisotopic (exact) mass is 415 g/mol. The first-order valence-corrected chi connectivity index (χ1v) is 10.2. The second-order valence-corrected chi connectivity index (χ2v) is 8.21. The van der Waals surface area contributed by atoms with Gasteiger partial charge in [-0.2, -0.15) is 0 Å². The highest BCUT2D eigenvalue weighted by Gasteiger charge is 2.53. The summed E-state index contributed by atoms with van der Waals surface area (Å²) in [5.74, 6) is -2.40. The van der Waals surface area contributed by atoms with Crippen LogP contribution >= 0.6 is 0 Å². The molecule has 2 amide bonds. The molecule has 0 aromatic heterocycles. The van der Waals surface area contributed by atoms with E-state index in [1.807, 2.05) is 13.0 Å². The van der Waals surface area contributed by atoms with E-state index in [1.54, 1.807) is 24.3 Å².